The predicted molar refractivity (Wildman–Crippen MR) is 401 cm³/mol. The van der Waals surface area contributed by atoms with Gasteiger partial charge in [-0.25, -0.2) is 98.0 Å². The van der Waals surface area contributed by atoms with Crippen molar-refractivity contribution in [1.29, 1.82) is 0 Å². The minimum atomic E-state index is -3.21. The van der Waals surface area contributed by atoms with Gasteiger partial charge in [0.15, 0.2) is 34.4 Å². The van der Waals surface area contributed by atoms with Gasteiger partial charge < -0.3 is 45.1 Å². The first-order chi connectivity index (χ1) is 49.6. The van der Waals surface area contributed by atoms with Gasteiger partial charge in [0.25, 0.3) is 0 Å². The summed E-state index contributed by atoms with van der Waals surface area (Å²) in [6, 6.07) is 25.3. The fraction of sp³-hybridized carbons (Fsp3) is 0.400. The highest BCUT2D eigenvalue weighted by molar-refractivity contribution is 7.88. The van der Waals surface area contributed by atoms with Crippen LogP contribution in [0.2, 0.25) is 5.02 Å². The molecule has 0 spiro atoms. The average molecular weight is 1490 g/mol. The van der Waals surface area contributed by atoms with Crippen LogP contribution in [-0.2, 0) is 30.1 Å². The van der Waals surface area contributed by atoms with E-state index in [9.17, 15) is 25.3 Å². The lowest BCUT2D eigenvalue weighted by Gasteiger charge is -2.30. The number of benzene rings is 3. The van der Waals surface area contributed by atoms with E-state index in [1.807, 2.05) is 115 Å². The van der Waals surface area contributed by atoms with Crippen LogP contribution >= 0.6 is 11.6 Å². The van der Waals surface area contributed by atoms with Crippen LogP contribution < -0.4 is 30.2 Å². The molecule has 12 heterocycles. The monoisotopic (exact) mass is 1490 g/mol. The fourth-order valence-corrected chi connectivity index (χ4v) is 16.0. The number of H-pyrrole nitrogens is 3. The first-order valence-electron chi connectivity index (χ1n) is 34.2. The molecule has 0 unspecified atom stereocenters. The quantitative estimate of drug-likeness (QED) is 0.0465. The van der Waals surface area contributed by atoms with E-state index in [0.717, 1.165) is 89.0 Å². The third-order valence-electron chi connectivity index (χ3n) is 18.6. The van der Waals surface area contributed by atoms with Crippen LogP contribution in [-0.4, -0.2) is 189 Å². The molecule has 0 saturated carbocycles. The summed E-state index contributed by atoms with van der Waals surface area (Å²) >= 11 is 6.54. The van der Waals surface area contributed by atoms with Gasteiger partial charge in [-0.15, -0.1) is 0 Å². The molecule has 15 rings (SSSR count). The molecule has 546 valence electrons. The van der Waals surface area contributed by atoms with Crippen molar-refractivity contribution < 1.29 is 39.5 Å². The summed E-state index contributed by atoms with van der Waals surface area (Å²) < 4.78 is 94.7. The predicted octanol–water partition coefficient (Wildman–Crippen LogP) is 10.5. The first-order valence-corrected chi connectivity index (χ1v) is 40.1. The Hall–Kier alpha value is -9.64. The molecule has 3 saturated heterocycles. The highest BCUT2D eigenvalue weighted by Crippen LogP contribution is 2.38. The summed E-state index contributed by atoms with van der Waals surface area (Å²) in [6.07, 6.45) is 11.5. The summed E-state index contributed by atoms with van der Waals surface area (Å²) in [6.45, 7) is 16.3. The number of aryl methyl sites for hydroxylation is 4. The molecule has 3 fully saturated rings. The minimum Gasteiger partial charge on any atom is -0.474 e. The zero-order valence-corrected chi connectivity index (χ0v) is 62.4. The number of imidazole rings is 3. The largest absolute Gasteiger partial charge is 0.474 e. The van der Waals surface area contributed by atoms with Crippen LogP contribution in [0, 0.1) is 27.7 Å². The maximum Gasteiger partial charge on any atom is 0.223 e. The molecule has 9 aromatic heterocycles. The van der Waals surface area contributed by atoms with Crippen LogP contribution in [0.1, 0.15) is 118 Å². The van der Waals surface area contributed by atoms with Crippen LogP contribution in [0.15, 0.2) is 97.8 Å². The van der Waals surface area contributed by atoms with Crippen molar-refractivity contribution in [3.8, 4) is 17.6 Å². The third-order valence-corrected chi connectivity index (χ3v) is 22.9. The van der Waals surface area contributed by atoms with E-state index >= 15 is 0 Å². The lowest BCUT2D eigenvalue weighted by molar-refractivity contribution is 0.131. The number of hydrogen-bond donors (Lipinski definition) is 6. The van der Waals surface area contributed by atoms with Gasteiger partial charge in [-0.2, -0.15) is 0 Å². The Morgan fingerprint density at radius 2 is 0.769 bits per heavy atom. The van der Waals surface area contributed by atoms with Crippen LogP contribution in [0.3, 0.4) is 0 Å². The number of aromatic nitrogens is 15. The Kier molecular flexibility index (Phi) is 21.1. The van der Waals surface area contributed by atoms with Crippen molar-refractivity contribution in [2.24, 2.45) is 0 Å². The van der Waals surface area contributed by atoms with Gasteiger partial charge in [0.1, 0.15) is 71.3 Å². The molecule has 104 heavy (non-hydrogen) atoms. The molecule has 6 N–H and O–H groups in total. The number of nitrogens with zero attached hydrogens (tertiary/aromatic N) is 15. The van der Waals surface area contributed by atoms with E-state index < -0.39 is 30.1 Å². The van der Waals surface area contributed by atoms with E-state index in [2.05, 4.69) is 87.9 Å². The molecule has 3 aliphatic heterocycles. The Morgan fingerprint density at radius 3 is 1.17 bits per heavy atom. The Balaban J connectivity index is 0.000000139. The summed E-state index contributed by atoms with van der Waals surface area (Å²) in [5.74, 6) is 5.82. The van der Waals surface area contributed by atoms with Gasteiger partial charge >= 0.3 is 0 Å². The molecule has 34 heteroatoms. The van der Waals surface area contributed by atoms with Gasteiger partial charge in [0, 0.05) is 50.0 Å². The van der Waals surface area contributed by atoms with E-state index in [4.69, 9.17) is 40.8 Å². The lowest BCUT2D eigenvalue weighted by Crippen LogP contribution is -2.41. The molecule has 0 aliphatic carbocycles. The number of sulfonamides is 3. The van der Waals surface area contributed by atoms with Gasteiger partial charge in [0.2, 0.25) is 47.7 Å². The normalized spacial score (nSPS) is 16.6. The van der Waals surface area contributed by atoms with E-state index in [1.165, 1.54) is 50.7 Å². The van der Waals surface area contributed by atoms with Crippen molar-refractivity contribution in [3.05, 3.63) is 143 Å². The molecule has 30 nitrogen and oxygen atoms in total. The summed E-state index contributed by atoms with van der Waals surface area (Å²) in [5.41, 5.74) is 7.51. The number of ether oxygens (including phenoxy) is 3. The van der Waals surface area contributed by atoms with Crippen LogP contribution in [0.25, 0.3) is 65.8 Å². The van der Waals surface area contributed by atoms with Crippen molar-refractivity contribution in [1.82, 2.24) is 87.7 Å². The van der Waals surface area contributed by atoms with Crippen LogP contribution in [0.4, 0.5) is 17.5 Å². The number of hydrogen-bond acceptors (Lipinski definition) is 24. The Morgan fingerprint density at radius 1 is 0.433 bits per heavy atom. The number of halogens is 1. The molecule has 12 aromatic rings. The first kappa shape index (κ1) is 72.7. The molecule has 0 radical (unpaired) electrons. The van der Waals surface area contributed by atoms with E-state index in [0.29, 0.717) is 135 Å². The highest BCUT2D eigenvalue weighted by atomic mass is 35.5. The number of pyridine rings is 3. The zero-order chi connectivity index (χ0) is 73.4. The molecule has 3 aliphatic rings. The zero-order valence-electron chi connectivity index (χ0n) is 59.2. The molecule has 3 atom stereocenters. The van der Waals surface area contributed by atoms with Crippen molar-refractivity contribution in [2.45, 2.75) is 123 Å². The maximum atomic E-state index is 11.9. The molecule has 0 amide bonds. The molecular formula is C70H82ClN21O9S3. The number of fused-ring (bicyclic) bond motifs is 6. The molecular weight excluding hydrogens is 1410 g/mol. The lowest BCUT2D eigenvalue weighted by atomic mass is 10.0. The van der Waals surface area contributed by atoms with Crippen molar-refractivity contribution >= 4 is 125 Å². The second-order valence-corrected chi connectivity index (χ2v) is 32.9. The summed E-state index contributed by atoms with van der Waals surface area (Å²) in [5, 5.41) is 16.4. The minimum absolute atomic E-state index is 0.0955. The second-order valence-electron chi connectivity index (χ2n) is 26.6. The van der Waals surface area contributed by atoms with Gasteiger partial charge in [0.05, 0.1) is 64.4 Å². The SMILES string of the molecule is Cc1nc2ncnc(N[C@@H](C)c3cc4cccc(C)c4c(OC4CCN(S(C)(=O)=O)CC4)n3)c2[nH]1.Cc1nc2ncnc(N[C@@H](C)c3cc4cccc(Cl)c4c(OC4CCN(S(C)(=O)=O)CC4)n3)c2[nH]1.Cc1nc2ncnc(N[C@@H](C)c3cc4ccccc4c(OC4CCN(S(C)(=O)=O)CC4)n3)c2[nH]1. The smallest absolute Gasteiger partial charge is 0.223 e. The number of piperidine rings is 3. The van der Waals surface area contributed by atoms with Crippen molar-refractivity contribution in [2.75, 3.05) is 74.0 Å². The molecule has 3 aromatic carbocycles. The topological polar surface area (TPSA) is 378 Å². The Bertz CT molecular complexity index is 5290. The number of rotatable bonds is 18. The number of nitrogens with one attached hydrogen (secondary N) is 6. The fourth-order valence-electron chi connectivity index (χ4n) is 13.1. The van der Waals surface area contributed by atoms with Crippen LogP contribution in [0.5, 0.6) is 17.6 Å². The Labute approximate surface area is 606 Å². The highest BCUT2D eigenvalue weighted by Gasteiger charge is 2.31. The third kappa shape index (κ3) is 16.6. The van der Waals surface area contributed by atoms with Gasteiger partial charge in [-0.3, -0.25) is 0 Å². The average Bonchev–Trinajstić information content (AvgIpc) is 0.978. The van der Waals surface area contributed by atoms with E-state index in [-0.39, 0.29) is 36.4 Å². The van der Waals surface area contributed by atoms with Crippen molar-refractivity contribution in [3.63, 3.8) is 0 Å². The second kappa shape index (κ2) is 30.2. The standard InChI is InChI=1S/C24H29N7O3S.C23H26ClN7O3S.C23H27N7O3S/c1-14-6-5-7-17-12-19(15(2)27-22-21-23(26-13-25-22)29-16(3)28-21)30-24(20(14)17)34-18-8-10-31(11-9-18)35(4,32)33;1-13(27-21-20-22(26-12-25-21)29-14(2)28-20)18-11-15-5-4-6-17(24)19(15)23(30-18)34-16-7-9-31(10-8-16)35(3,32)33;1-14(26-21-20-22(25-13-24-21)28-15(2)27-20)19-12-16-6-4-5-7-18(16)23(29-19)33-17-8-10-30(11-9-17)34(3,31)32/h5-7,12-13,15,18H,8-11H2,1-4H3,(H2,25,26,27,28,29);4-6,11-13,16H,7-10H2,1-3H3,(H2,25,26,27,28,29);4-7,12-14,17H,8-11H2,1-3H3,(H2,24,25,26,27,28)/t15-;13-;14-/m000/s1. The summed E-state index contributed by atoms with van der Waals surface area (Å²) in [7, 11) is -9.58. The van der Waals surface area contributed by atoms with Gasteiger partial charge in [-0.1, -0.05) is 60.1 Å². The number of aromatic amines is 3. The number of anilines is 3. The van der Waals surface area contributed by atoms with Gasteiger partial charge in [-0.05, 0) is 139 Å². The molecule has 0 bridgehead atoms. The maximum absolute atomic E-state index is 11.9. The summed E-state index contributed by atoms with van der Waals surface area (Å²) in [4.78, 5) is 63.1. The van der Waals surface area contributed by atoms with E-state index in [1.54, 1.807) is 0 Å².